The number of allylic oxidation sites excluding steroid dienone is 10. The van der Waals surface area contributed by atoms with Crippen molar-refractivity contribution >= 4 is 34.6 Å². The topological polar surface area (TPSA) is 0 Å². The zero-order valence-electron chi connectivity index (χ0n) is 33.2. The number of halogens is 2. The summed E-state index contributed by atoms with van der Waals surface area (Å²) in [6.07, 6.45) is 16.2. The molecule has 272 valence electrons. The second kappa shape index (κ2) is 16.6. The Labute approximate surface area is 334 Å². The van der Waals surface area contributed by atoms with Crippen LogP contribution in [-0.2, 0) is 30.7 Å². The number of aryl methyl sites for hydroxylation is 1. The van der Waals surface area contributed by atoms with Crippen LogP contribution in [0.25, 0.3) is 5.57 Å². The van der Waals surface area contributed by atoms with Crippen molar-refractivity contribution in [2.45, 2.75) is 109 Å². The molecule has 3 heteroatoms. The molecular formula is C47H63Cl2Zr-3. The molecule has 3 atom stereocenters. The van der Waals surface area contributed by atoms with E-state index in [4.69, 9.17) is 0 Å². The monoisotopic (exact) mass is 787 g/mol. The molecular weight excluding hydrogens is 727 g/mol. The molecule has 0 aliphatic heterocycles. The molecule has 0 aromatic heterocycles. The fraction of sp³-hybridized carbons (Fsp3) is 0.489. The summed E-state index contributed by atoms with van der Waals surface area (Å²) < 4.78 is 3.34. The molecule has 0 heterocycles. The molecule has 0 saturated heterocycles. The van der Waals surface area contributed by atoms with Crippen LogP contribution < -0.4 is 0 Å². The molecule has 1 fully saturated rings. The molecule has 0 radical (unpaired) electrons. The summed E-state index contributed by atoms with van der Waals surface area (Å²) in [4.78, 5) is 0. The second-order valence-electron chi connectivity index (χ2n) is 17.3. The summed E-state index contributed by atoms with van der Waals surface area (Å²) in [7, 11) is 0. The zero-order chi connectivity index (χ0) is 35.9. The maximum atomic E-state index is 3.34. The zero-order valence-corrected chi connectivity index (χ0v) is 37.3. The van der Waals surface area contributed by atoms with Crippen molar-refractivity contribution in [3.05, 3.63) is 130 Å². The Hall–Kier alpha value is -1.66. The fourth-order valence-electron chi connectivity index (χ4n) is 9.09. The Morgan fingerprint density at radius 3 is 2.00 bits per heavy atom. The van der Waals surface area contributed by atoms with E-state index in [1.54, 1.807) is 28.2 Å². The van der Waals surface area contributed by atoms with E-state index in [1.165, 1.54) is 59.3 Å². The normalized spacial score (nSPS) is 25.6. The minimum absolute atomic E-state index is 0. The summed E-state index contributed by atoms with van der Waals surface area (Å²) in [5.41, 5.74) is 13.3. The maximum absolute atomic E-state index is 3.34. The van der Waals surface area contributed by atoms with Crippen LogP contribution in [0, 0.1) is 63.9 Å². The summed E-state index contributed by atoms with van der Waals surface area (Å²) in [6.45, 7) is 31.2. The molecule has 2 aromatic rings. The molecule has 5 aliphatic rings. The number of hydrogen-bond acceptors (Lipinski definition) is 0. The summed E-state index contributed by atoms with van der Waals surface area (Å²) >= 11 is 1.30. The predicted molar refractivity (Wildman–Crippen MR) is 220 cm³/mol. The van der Waals surface area contributed by atoms with Crippen molar-refractivity contribution < 1.29 is 24.2 Å². The Morgan fingerprint density at radius 1 is 0.900 bits per heavy atom. The molecule has 5 aliphatic carbocycles. The third-order valence-corrected chi connectivity index (χ3v) is 13.5. The molecule has 2 aromatic carbocycles. The van der Waals surface area contributed by atoms with E-state index in [1.807, 2.05) is 24.3 Å². The standard InChI is InChI=1S/C29H37.C10H15.C7H7.CH2.2ClH.Zr/c1-18-25-22-17-19-13-9-10-14-20(19)24(22)21-15-11-12-16-23(21)29(25,8)28(6,7)27(4,5)26(18,2)3;1-8-5-6-9(7-8)10(2,3)4;1-7-5-3-2-4-6-7;;;;/h9-11,13-15,23H,12,16-17H2,1-8H3;6-8H,1-4H3;3-6H,1H3;1H2;2*1H;/q3*-1;;;;. The third kappa shape index (κ3) is 7.55. The first-order valence-corrected chi connectivity index (χ1v) is 19.8. The van der Waals surface area contributed by atoms with Crippen molar-refractivity contribution in [1.82, 2.24) is 0 Å². The average Bonchev–Trinajstić information content (AvgIpc) is 3.66. The van der Waals surface area contributed by atoms with E-state index in [0.717, 1.165) is 6.42 Å². The van der Waals surface area contributed by atoms with E-state index < -0.39 is 0 Å². The van der Waals surface area contributed by atoms with E-state index in [-0.39, 0.29) is 46.5 Å². The molecule has 0 amide bonds. The minimum atomic E-state index is 0. The first kappa shape index (κ1) is 44.5. The van der Waals surface area contributed by atoms with E-state index in [2.05, 4.69) is 155 Å². The fourth-order valence-corrected chi connectivity index (χ4v) is 9.09. The Balaban J connectivity index is 0.000000341. The van der Waals surface area contributed by atoms with Gasteiger partial charge in [0.15, 0.2) is 0 Å². The van der Waals surface area contributed by atoms with Gasteiger partial charge < -0.3 is 0 Å². The Bertz CT molecular complexity index is 1640. The molecule has 0 N–H and O–H groups in total. The van der Waals surface area contributed by atoms with Crippen LogP contribution >= 0.6 is 24.8 Å². The number of benzene rings is 2. The predicted octanol–water partition coefficient (Wildman–Crippen LogP) is 13.5. The van der Waals surface area contributed by atoms with Crippen LogP contribution in [0.3, 0.4) is 0 Å². The van der Waals surface area contributed by atoms with Gasteiger partial charge >= 0.3 is 28.4 Å². The number of fused-ring (bicyclic) bond motifs is 6. The van der Waals surface area contributed by atoms with Gasteiger partial charge in [0.05, 0.1) is 0 Å². The number of rotatable bonds is 0. The van der Waals surface area contributed by atoms with Crippen molar-refractivity contribution in [2.24, 2.45) is 38.9 Å². The molecule has 0 spiro atoms. The summed E-state index contributed by atoms with van der Waals surface area (Å²) in [5, 5.41) is 0. The Morgan fingerprint density at radius 2 is 1.50 bits per heavy atom. The van der Waals surface area contributed by atoms with Gasteiger partial charge in [0.1, 0.15) is 0 Å². The van der Waals surface area contributed by atoms with E-state index >= 15 is 0 Å². The number of hydrogen-bond donors (Lipinski definition) is 0. The molecule has 0 bridgehead atoms. The van der Waals surface area contributed by atoms with Gasteiger partial charge in [-0.05, 0) is 40.6 Å². The van der Waals surface area contributed by atoms with Gasteiger partial charge in [-0.15, -0.1) is 31.7 Å². The molecule has 1 saturated carbocycles. The van der Waals surface area contributed by atoms with E-state index in [0.29, 0.717) is 17.3 Å². The van der Waals surface area contributed by atoms with Crippen molar-refractivity contribution in [3.8, 4) is 0 Å². The van der Waals surface area contributed by atoms with Crippen molar-refractivity contribution in [1.29, 1.82) is 0 Å². The summed E-state index contributed by atoms with van der Waals surface area (Å²) in [5.74, 6) is 2.76. The molecule has 7 rings (SSSR count). The van der Waals surface area contributed by atoms with Crippen molar-refractivity contribution in [3.63, 3.8) is 0 Å². The SMILES string of the molecule is CC1[C-]=CC(C(C)(C)C)=C1.C[C-]1C2=C3Cc4ccccc4C3=C3C=CCCC3C2(C)C(C)(C)C(C)(C)C1(C)C.Cc1cc[c-]cc1.Cl.Cl.[CH2]=[Zr]. The van der Waals surface area contributed by atoms with Crippen LogP contribution in [0.4, 0.5) is 0 Å². The first-order chi connectivity index (χ1) is 22.4. The molecule has 50 heavy (non-hydrogen) atoms. The van der Waals surface area contributed by atoms with Gasteiger partial charge in [-0.2, -0.15) is 58.7 Å². The van der Waals surface area contributed by atoms with Gasteiger partial charge in [0.25, 0.3) is 0 Å². The van der Waals surface area contributed by atoms with Crippen LogP contribution in [-0.4, -0.2) is 4.21 Å². The molecule has 3 unspecified atom stereocenters. The average molecular weight is 790 g/mol. The Kier molecular flexibility index (Phi) is 14.7. The van der Waals surface area contributed by atoms with Gasteiger partial charge in [-0.1, -0.05) is 159 Å². The van der Waals surface area contributed by atoms with Crippen LogP contribution in [0.5, 0.6) is 0 Å². The van der Waals surface area contributed by atoms with E-state index in [9.17, 15) is 0 Å². The van der Waals surface area contributed by atoms with Crippen molar-refractivity contribution in [2.75, 3.05) is 0 Å². The van der Waals surface area contributed by atoms with Gasteiger partial charge in [-0.3, -0.25) is 6.08 Å². The first-order valence-electron chi connectivity index (χ1n) is 18.0. The van der Waals surface area contributed by atoms with Crippen LogP contribution in [0.1, 0.15) is 113 Å². The van der Waals surface area contributed by atoms with Gasteiger partial charge in [-0.25, -0.2) is 12.0 Å². The quantitative estimate of drug-likeness (QED) is 0.233. The van der Waals surface area contributed by atoms with Gasteiger partial charge in [0.2, 0.25) is 0 Å². The third-order valence-electron chi connectivity index (χ3n) is 13.5. The summed E-state index contributed by atoms with van der Waals surface area (Å²) in [6, 6.07) is 20.0. The van der Waals surface area contributed by atoms with Gasteiger partial charge in [0, 0.05) is 0 Å². The van der Waals surface area contributed by atoms with Crippen LogP contribution in [0.15, 0.2) is 95.1 Å². The van der Waals surface area contributed by atoms with Crippen LogP contribution in [0.2, 0.25) is 0 Å². The second-order valence-corrected chi connectivity index (χ2v) is 17.3. The molecule has 0 nitrogen and oxygen atoms in total.